The highest BCUT2D eigenvalue weighted by molar-refractivity contribution is 4.91. The third kappa shape index (κ3) is 1.47. The average molecular weight is 147 g/mol. The predicted octanol–water partition coefficient (Wildman–Crippen LogP) is 0.411. The summed E-state index contributed by atoms with van der Waals surface area (Å²) in [6, 6.07) is 0.0231. The van der Waals surface area contributed by atoms with Crippen molar-refractivity contribution in [2.75, 3.05) is 20.2 Å². The van der Waals surface area contributed by atoms with Gasteiger partial charge in [0.15, 0.2) is 0 Å². The monoisotopic (exact) mass is 147 g/mol. The Bertz CT molecular complexity index is 127. The maximum Gasteiger partial charge on any atom is 0.122 e. The maximum atomic E-state index is 13.1. The Kier molecular flexibility index (Phi) is 1.97. The zero-order valence-electron chi connectivity index (χ0n) is 6.47. The second-order valence-electron chi connectivity index (χ2n) is 3.37. The van der Waals surface area contributed by atoms with Gasteiger partial charge in [-0.2, -0.15) is 0 Å². The molecule has 2 nitrogen and oxygen atoms in total. The van der Waals surface area contributed by atoms with E-state index in [0.29, 0.717) is 13.0 Å². The van der Waals surface area contributed by atoms with Crippen LogP contribution in [0.1, 0.15) is 13.3 Å². The molecule has 0 radical (unpaired) electrons. The van der Waals surface area contributed by atoms with Gasteiger partial charge in [-0.1, -0.05) is 0 Å². The van der Waals surface area contributed by atoms with Gasteiger partial charge < -0.3 is 5.11 Å². The summed E-state index contributed by atoms with van der Waals surface area (Å²) in [7, 11) is 1.84. The molecule has 3 heteroatoms. The van der Waals surface area contributed by atoms with E-state index in [9.17, 15) is 4.39 Å². The van der Waals surface area contributed by atoms with Crippen LogP contribution in [0.4, 0.5) is 4.39 Å². The standard InChI is InChI=1S/C7H14FNO/c1-7(8)3-6(4-10)9(2)5-7/h6,10H,3-5H2,1-2H3/t6-,7-/m1/s1. The first kappa shape index (κ1) is 7.95. The van der Waals surface area contributed by atoms with Crippen LogP contribution < -0.4 is 0 Å². The Hall–Kier alpha value is -0.150. The normalized spacial score (nSPS) is 42.6. The summed E-state index contributed by atoms with van der Waals surface area (Å²) in [5, 5.41) is 8.76. The molecular weight excluding hydrogens is 133 g/mol. The molecular formula is C7H14FNO. The molecule has 0 aromatic carbocycles. The van der Waals surface area contributed by atoms with Gasteiger partial charge in [0.25, 0.3) is 0 Å². The van der Waals surface area contributed by atoms with Crippen molar-refractivity contribution in [2.45, 2.75) is 25.1 Å². The summed E-state index contributed by atoms with van der Waals surface area (Å²) >= 11 is 0. The SMILES string of the molecule is CN1C[C@](C)(F)C[C@@H]1CO. The second kappa shape index (κ2) is 2.47. The number of likely N-dealkylation sites (tertiary alicyclic amines) is 1. The van der Waals surface area contributed by atoms with Gasteiger partial charge in [-0.05, 0) is 14.0 Å². The highest BCUT2D eigenvalue weighted by atomic mass is 19.1. The van der Waals surface area contributed by atoms with E-state index < -0.39 is 5.67 Å². The summed E-state index contributed by atoms with van der Waals surface area (Å²) in [6.45, 7) is 2.09. The van der Waals surface area contributed by atoms with E-state index in [0.717, 1.165) is 0 Å². The van der Waals surface area contributed by atoms with E-state index >= 15 is 0 Å². The van der Waals surface area contributed by atoms with Crippen LogP contribution in [0.25, 0.3) is 0 Å². The lowest BCUT2D eigenvalue weighted by Gasteiger charge is -2.14. The van der Waals surface area contributed by atoms with E-state index in [1.54, 1.807) is 6.92 Å². The lowest BCUT2D eigenvalue weighted by atomic mass is 10.1. The minimum atomic E-state index is -1.10. The predicted molar refractivity (Wildman–Crippen MR) is 37.6 cm³/mol. The van der Waals surface area contributed by atoms with E-state index in [1.165, 1.54) is 0 Å². The van der Waals surface area contributed by atoms with Gasteiger partial charge in [0.1, 0.15) is 5.67 Å². The lowest BCUT2D eigenvalue weighted by Crippen LogP contribution is -2.28. The van der Waals surface area contributed by atoms with Crippen LogP contribution in [0.2, 0.25) is 0 Å². The van der Waals surface area contributed by atoms with Gasteiger partial charge in [0, 0.05) is 19.0 Å². The Morgan fingerprint density at radius 1 is 1.80 bits per heavy atom. The number of likely N-dealkylation sites (N-methyl/N-ethyl adjacent to an activating group) is 1. The molecule has 0 aromatic rings. The van der Waals surface area contributed by atoms with Crippen molar-refractivity contribution < 1.29 is 9.50 Å². The minimum absolute atomic E-state index is 0.0231. The molecule has 1 aliphatic heterocycles. The number of alkyl halides is 1. The fourth-order valence-electron chi connectivity index (χ4n) is 1.56. The van der Waals surface area contributed by atoms with Crippen LogP contribution in [0, 0.1) is 0 Å². The summed E-state index contributed by atoms with van der Waals surface area (Å²) in [5.41, 5.74) is -1.10. The third-order valence-corrected chi connectivity index (χ3v) is 2.07. The van der Waals surface area contributed by atoms with E-state index in [2.05, 4.69) is 0 Å². The molecule has 1 aliphatic rings. The average Bonchev–Trinajstić information content (AvgIpc) is 2.05. The van der Waals surface area contributed by atoms with Crippen molar-refractivity contribution in [3.8, 4) is 0 Å². The molecule has 0 saturated carbocycles. The van der Waals surface area contributed by atoms with Crippen molar-refractivity contribution >= 4 is 0 Å². The Balaban J connectivity index is 2.52. The summed E-state index contributed by atoms with van der Waals surface area (Å²) in [5.74, 6) is 0. The highest BCUT2D eigenvalue weighted by Gasteiger charge is 2.38. The zero-order chi connectivity index (χ0) is 7.78. The smallest absolute Gasteiger partial charge is 0.122 e. The first-order chi connectivity index (χ1) is 4.55. The van der Waals surface area contributed by atoms with Gasteiger partial charge in [-0.3, -0.25) is 4.90 Å². The number of rotatable bonds is 1. The van der Waals surface area contributed by atoms with Crippen LogP contribution in [0.15, 0.2) is 0 Å². The molecule has 60 valence electrons. The second-order valence-corrected chi connectivity index (χ2v) is 3.37. The summed E-state index contributed by atoms with van der Waals surface area (Å²) in [4.78, 5) is 1.86. The fraction of sp³-hybridized carbons (Fsp3) is 1.00. The number of nitrogens with zero attached hydrogens (tertiary/aromatic N) is 1. The van der Waals surface area contributed by atoms with E-state index in [-0.39, 0.29) is 12.6 Å². The molecule has 1 fully saturated rings. The molecule has 0 spiro atoms. The van der Waals surface area contributed by atoms with Crippen LogP contribution in [0.5, 0.6) is 0 Å². The molecule has 0 bridgehead atoms. The third-order valence-electron chi connectivity index (χ3n) is 2.07. The van der Waals surface area contributed by atoms with Gasteiger partial charge in [-0.25, -0.2) is 4.39 Å². The maximum absolute atomic E-state index is 13.1. The van der Waals surface area contributed by atoms with Gasteiger partial charge in [0.05, 0.1) is 6.61 Å². The van der Waals surface area contributed by atoms with Crippen LogP contribution in [-0.2, 0) is 0 Å². The molecule has 1 saturated heterocycles. The van der Waals surface area contributed by atoms with Gasteiger partial charge in [-0.15, -0.1) is 0 Å². The molecule has 2 atom stereocenters. The number of hydrogen-bond donors (Lipinski definition) is 1. The molecule has 0 aliphatic carbocycles. The van der Waals surface area contributed by atoms with Crippen LogP contribution >= 0.6 is 0 Å². The van der Waals surface area contributed by atoms with Crippen molar-refractivity contribution in [3.63, 3.8) is 0 Å². The van der Waals surface area contributed by atoms with Gasteiger partial charge in [0.2, 0.25) is 0 Å². The molecule has 0 unspecified atom stereocenters. The summed E-state index contributed by atoms with van der Waals surface area (Å²) < 4.78 is 13.1. The highest BCUT2D eigenvalue weighted by Crippen LogP contribution is 2.28. The molecule has 1 rings (SSSR count). The molecule has 0 amide bonds. The van der Waals surface area contributed by atoms with E-state index in [1.807, 2.05) is 11.9 Å². The van der Waals surface area contributed by atoms with Crippen molar-refractivity contribution in [3.05, 3.63) is 0 Å². The number of halogens is 1. The van der Waals surface area contributed by atoms with Crippen LogP contribution in [0.3, 0.4) is 0 Å². The Labute approximate surface area is 60.6 Å². The number of hydrogen-bond acceptors (Lipinski definition) is 2. The number of aliphatic hydroxyl groups excluding tert-OH is 1. The first-order valence-electron chi connectivity index (χ1n) is 3.55. The van der Waals surface area contributed by atoms with Crippen molar-refractivity contribution in [1.29, 1.82) is 0 Å². The van der Waals surface area contributed by atoms with Crippen molar-refractivity contribution in [2.24, 2.45) is 0 Å². The number of aliphatic hydroxyl groups is 1. The van der Waals surface area contributed by atoms with Crippen molar-refractivity contribution in [1.82, 2.24) is 4.90 Å². The first-order valence-corrected chi connectivity index (χ1v) is 3.55. The zero-order valence-corrected chi connectivity index (χ0v) is 6.47. The Morgan fingerprint density at radius 3 is 2.60 bits per heavy atom. The molecule has 1 N–H and O–H groups in total. The minimum Gasteiger partial charge on any atom is -0.395 e. The van der Waals surface area contributed by atoms with Gasteiger partial charge >= 0.3 is 0 Å². The fourth-order valence-corrected chi connectivity index (χ4v) is 1.56. The Morgan fingerprint density at radius 2 is 2.40 bits per heavy atom. The van der Waals surface area contributed by atoms with Crippen LogP contribution in [-0.4, -0.2) is 41.9 Å². The van der Waals surface area contributed by atoms with E-state index in [4.69, 9.17) is 5.11 Å². The largest absolute Gasteiger partial charge is 0.395 e. The quantitative estimate of drug-likeness (QED) is 0.580. The summed E-state index contributed by atoms with van der Waals surface area (Å²) in [6.07, 6.45) is 0.458. The molecule has 10 heavy (non-hydrogen) atoms. The molecule has 1 heterocycles. The topological polar surface area (TPSA) is 23.5 Å². The molecule has 0 aromatic heterocycles. The lowest BCUT2D eigenvalue weighted by molar-refractivity contribution is 0.181.